The number of aryl methyl sites for hydroxylation is 1. The summed E-state index contributed by atoms with van der Waals surface area (Å²) in [5, 5.41) is 2.53. The SMILES string of the molecule is Cc1c(C(=O)Nc2cc(C(F)(F)F)ccc2Cl)oc2c1C1(CCC2)SCCS1. The fourth-order valence-corrected chi connectivity index (χ4v) is 7.51. The van der Waals surface area contributed by atoms with Gasteiger partial charge in [0, 0.05) is 29.1 Å². The van der Waals surface area contributed by atoms with Crippen molar-refractivity contribution in [3.63, 3.8) is 0 Å². The van der Waals surface area contributed by atoms with Crippen LogP contribution < -0.4 is 5.32 Å². The van der Waals surface area contributed by atoms with E-state index in [1.165, 1.54) is 0 Å². The second-order valence-electron chi connectivity index (χ2n) is 6.80. The smallest absolute Gasteiger partial charge is 0.416 e. The molecule has 4 rings (SSSR count). The van der Waals surface area contributed by atoms with Crippen LogP contribution in [0.2, 0.25) is 5.02 Å². The maximum atomic E-state index is 13.0. The summed E-state index contributed by atoms with van der Waals surface area (Å²) < 4.78 is 44.7. The first kappa shape index (κ1) is 20.0. The summed E-state index contributed by atoms with van der Waals surface area (Å²) in [6, 6.07) is 2.84. The summed E-state index contributed by atoms with van der Waals surface area (Å²) in [5.74, 6) is 2.47. The minimum atomic E-state index is -4.52. The van der Waals surface area contributed by atoms with E-state index in [0.29, 0.717) is 0 Å². The predicted molar refractivity (Wildman–Crippen MR) is 107 cm³/mol. The maximum absolute atomic E-state index is 13.0. The van der Waals surface area contributed by atoms with Gasteiger partial charge in [0.25, 0.3) is 5.91 Å². The molecule has 0 bridgehead atoms. The quantitative estimate of drug-likeness (QED) is 0.572. The van der Waals surface area contributed by atoms with Crippen molar-refractivity contribution in [2.45, 2.75) is 36.4 Å². The lowest BCUT2D eigenvalue weighted by atomic mass is 9.94. The first-order valence-corrected chi connectivity index (χ1v) is 11.1. The summed E-state index contributed by atoms with van der Waals surface area (Å²) in [5.41, 5.74) is 0.874. The molecule has 1 spiro atoms. The molecule has 2 aromatic rings. The van der Waals surface area contributed by atoms with Gasteiger partial charge in [-0.05, 0) is 38.0 Å². The molecule has 1 amide bonds. The summed E-state index contributed by atoms with van der Waals surface area (Å²) >= 11 is 9.77. The molecule has 0 saturated carbocycles. The number of rotatable bonds is 2. The molecular formula is C19H17ClF3NO2S2. The van der Waals surface area contributed by atoms with Crippen LogP contribution in [0.3, 0.4) is 0 Å². The Morgan fingerprint density at radius 2 is 2.00 bits per heavy atom. The van der Waals surface area contributed by atoms with Crippen molar-refractivity contribution in [1.29, 1.82) is 0 Å². The van der Waals surface area contributed by atoms with Crippen LogP contribution in [-0.4, -0.2) is 17.4 Å². The number of alkyl halides is 3. The molecule has 150 valence electrons. The minimum absolute atomic E-state index is 0.0358. The number of hydrogen-bond acceptors (Lipinski definition) is 4. The standard InChI is InChI=1S/C19H17ClF3NO2S2/c1-10-15-14(3-2-6-18(15)27-7-8-28-18)26-16(10)17(25)24-13-9-11(19(21,22)23)4-5-12(13)20/h4-5,9H,2-3,6-8H2,1H3,(H,24,25). The number of furan rings is 1. The van der Waals surface area contributed by atoms with Crippen molar-refractivity contribution in [3.05, 3.63) is 51.4 Å². The van der Waals surface area contributed by atoms with Gasteiger partial charge in [0.05, 0.1) is 20.4 Å². The molecule has 1 aromatic heterocycles. The Labute approximate surface area is 173 Å². The molecule has 1 aromatic carbocycles. The van der Waals surface area contributed by atoms with Crippen LogP contribution in [0.5, 0.6) is 0 Å². The lowest BCUT2D eigenvalue weighted by Crippen LogP contribution is -2.21. The van der Waals surface area contributed by atoms with Crippen molar-refractivity contribution in [1.82, 2.24) is 0 Å². The Hall–Kier alpha value is -1.25. The number of anilines is 1. The van der Waals surface area contributed by atoms with E-state index in [2.05, 4.69) is 5.32 Å². The summed E-state index contributed by atoms with van der Waals surface area (Å²) in [6.45, 7) is 1.84. The Balaban J connectivity index is 1.67. The second kappa shape index (κ2) is 7.22. The number of fused-ring (bicyclic) bond motifs is 2. The van der Waals surface area contributed by atoms with E-state index in [1.54, 1.807) is 0 Å². The summed E-state index contributed by atoms with van der Waals surface area (Å²) in [4.78, 5) is 12.8. The van der Waals surface area contributed by atoms with Gasteiger partial charge in [-0.25, -0.2) is 0 Å². The lowest BCUT2D eigenvalue weighted by Gasteiger charge is -2.31. The molecule has 2 heterocycles. The molecule has 0 unspecified atom stereocenters. The Kier molecular flexibility index (Phi) is 5.17. The fourth-order valence-electron chi connectivity index (χ4n) is 3.79. The largest absolute Gasteiger partial charge is 0.455 e. The van der Waals surface area contributed by atoms with Crippen LogP contribution >= 0.6 is 35.1 Å². The van der Waals surface area contributed by atoms with E-state index in [-0.39, 0.29) is 20.5 Å². The molecule has 1 fully saturated rings. The highest BCUT2D eigenvalue weighted by molar-refractivity contribution is 8.20. The molecule has 1 N–H and O–H groups in total. The molecule has 1 aliphatic heterocycles. The zero-order valence-corrected chi connectivity index (χ0v) is 17.3. The highest BCUT2D eigenvalue weighted by atomic mass is 35.5. The van der Waals surface area contributed by atoms with Gasteiger partial charge in [-0.2, -0.15) is 13.2 Å². The monoisotopic (exact) mass is 447 g/mol. The molecule has 2 aliphatic rings. The van der Waals surface area contributed by atoms with Crippen LogP contribution in [0.25, 0.3) is 0 Å². The first-order chi connectivity index (χ1) is 13.2. The number of halogens is 4. The van der Waals surface area contributed by atoms with Crippen LogP contribution in [0.4, 0.5) is 18.9 Å². The van der Waals surface area contributed by atoms with Gasteiger partial charge in [0.15, 0.2) is 5.76 Å². The van der Waals surface area contributed by atoms with Crippen LogP contribution in [0, 0.1) is 6.92 Å². The summed E-state index contributed by atoms with van der Waals surface area (Å²) in [6.07, 6.45) is -1.75. The number of amides is 1. The second-order valence-corrected chi connectivity index (χ2v) is 10.3. The fraction of sp³-hybridized carbons (Fsp3) is 0.421. The normalized spacial score (nSPS) is 18.3. The predicted octanol–water partition coefficient (Wildman–Crippen LogP) is 6.48. The average molecular weight is 448 g/mol. The van der Waals surface area contributed by atoms with Gasteiger partial charge in [0.2, 0.25) is 0 Å². The highest BCUT2D eigenvalue weighted by Gasteiger charge is 2.45. The zero-order chi connectivity index (χ0) is 20.1. The van der Waals surface area contributed by atoms with Crippen molar-refractivity contribution < 1.29 is 22.4 Å². The number of hydrogen-bond donors (Lipinski definition) is 1. The number of nitrogens with one attached hydrogen (secondary N) is 1. The Morgan fingerprint density at radius 1 is 1.29 bits per heavy atom. The first-order valence-electron chi connectivity index (χ1n) is 8.80. The topological polar surface area (TPSA) is 42.2 Å². The van der Waals surface area contributed by atoms with E-state index < -0.39 is 17.6 Å². The van der Waals surface area contributed by atoms with Gasteiger partial charge in [0.1, 0.15) is 5.76 Å². The number of thioether (sulfide) groups is 2. The molecule has 28 heavy (non-hydrogen) atoms. The van der Waals surface area contributed by atoms with Crippen molar-refractivity contribution in [3.8, 4) is 0 Å². The van der Waals surface area contributed by atoms with Gasteiger partial charge in [-0.15, -0.1) is 23.5 Å². The minimum Gasteiger partial charge on any atom is -0.455 e. The van der Waals surface area contributed by atoms with Crippen LogP contribution in [-0.2, 0) is 16.7 Å². The van der Waals surface area contributed by atoms with Crippen molar-refractivity contribution in [2.24, 2.45) is 0 Å². The van der Waals surface area contributed by atoms with E-state index in [4.69, 9.17) is 16.0 Å². The molecular weight excluding hydrogens is 431 g/mol. The van der Waals surface area contributed by atoms with Gasteiger partial charge < -0.3 is 9.73 Å². The van der Waals surface area contributed by atoms with E-state index in [9.17, 15) is 18.0 Å². The van der Waals surface area contributed by atoms with Crippen molar-refractivity contribution in [2.75, 3.05) is 16.8 Å². The number of carbonyl (C=O) groups excluding carboxylic acids is 1. The molecule has 0 radical (unpaired) electrons. The molecule has 0 atom stereocenters. The molecule has 3 nitrogen and oxygen atoms in total. The highest BCUT2D eigenvalue weighted by Crippen LogP contribution is 2.59. The average Bonchev–Trinajstić information content (AvgIpc) is 3.22. The van der Waals surface area contributed by atoms with Gasteiger partial charge >= 0.3 is 6.18 Å². The number of benzene rings is 1. The van der Waals surface area contributed by atoms with Crippen LogP contribution in [0.1, 0.15) is 45.8 Å². The van der Waals surface area contributed by atoms with Gasteiger partial charge in [-0.3, -0.25) is 4.79 Å². The van der Waals surface area contributed by atoms with E-state index >= 15 is 0 Å². The molecule has 1 aliphatic carbocycles. The third-order valence-electron chi connectivity index (χ3n) is 5.01. The Bertz CT molecular complexity index is 936. The zero-order valence-electron chi connectivity index (χ0n) is 14.9. The Morgan fingerprint density at radius 3 is 2.68 bits per heavy atom. The molecule has 1 saturated heterocycles. The summed E-state index contributed by atoms with van der Waals surface area (Å²) in [7, 11) is 0. The third-order valence-corrected chi connectivity index (χ3v) is 8.87. The van der Waals surface area contributed by atoms with Crippen LogP contribution in [0.15, 0.2) is 22.6 Å². The van der Waals surface area contributed by atoms with E-state index in [1.807, 2.05) is 30.4 Å². The maximum Gasteiger partial charge on any atom is 0.416 e. The molecule has 9 heteroatoms. The lowest BCUT2D eigenvalue weighted by molar-refractivity contribution is -0.137. The van der Waals surface area contributed by atoms with Crippen molar-refractivity contribution >= 4 is 46.7 Å². The third kappa shape index (κ3) is 3.44. The van der Waals surface area contributed by atoms with E-state index in [0.717, 1.165) is 65.9 Å². The number of carbonyl (C=O) groups is 1. The van der Waals surface area contributed by atoms with Gasteiger partial charge in [-0.1, -0.05) is 11.6 Å².